The molecule has 0 aliphatic carbocycles. The first kappa shape index (κ1) is 11.0. The highest BCUT2D eigenvalue weighted by molar-refractivity contribution is 6.30. The van der Waals surface area contributed by atoms with E-state index in [1.165, 1.54) is 6.07 Å². The Bertz CT molecular complexity index is 514. The van der Waals surface area contributed by atoms with Gasteiger partial charge in [0, 0.05) is 23.3 Å². The maximum Gasteiger partial charge on any atom is 0.142 e. The molecule has 0 bridgehead atoms. The van der Waals surface area contributed by atoms with Crippen LogP contribution in [0.2, 0.25) is 5.02 Å². The molecule has 1 aromatic heterocycles. The number of hydrogen-bond acceptors (Lipinski definition) is 2. The number of aromatic nitrogens is 1. The van der Waals surface area contributed by atoms with E-state index in [0.717, 1.165) is 17.3 Å². The maximum atomic E-state index is 13.1. The van der Waals surface area contributed by atoms with Crippen molar-refractivity contribution in [1.29, 1.82) is 0 Å². The van der Waals surface area contributed by atoms with Gasteiger partial charge < -0.3 is 5.73 Å². The lowest BCUT2D eigenvalue weighted by Crippen LogP contribution is -1.99. The van der Waals surface area contributed by atoms with E-state index in [4.69, 9.17) is 17.3 Å². The summed E-state index contributed by atoms with van der Waals surface area (Å²) >= 11 is 5.91. The molecule has 0 amide bonds. The number of nitrogens with zero attached hydrogens (tertiary/aromatic N) is 1. The molecule has 2 N–H and O–H groups in total. The zero-order chi connectivity index (χ0) is 11.5. The molecule has 0 atom stereocenters. The highest BCUT2D eigenvalue weighted by Crippen LogP contribution is 2.26. The van der Waals surface area contributed by atoms with Crippen LogP contribution in [0.1, 0.15) is 5.56 Å². The van der Waals surface area contributed by atoms with Gasteiger partial charge in [0.25, 0.3) is 0 Å². The van der Waals surface area contributed by atoms with Crippen LogP contribution in [0, 0.1) is 5.82 Å². The van der Waals surface area contributed by atoms with Crippen molar-refractivity contribution in [1.82, 2.24) is 4.98 Å². The van der Waals surface area contributed by atoms with Crippen molar-refractivity contribution in [3.05, 3.63) is 53.1 Å². The smallest absolute Gasteiger partial charge is 0.142 e. The molecule has 16 heavy (non-hydrogen) atoms. The molecule has 4 heteroatoms. The Hall–Kier alpha value is -1.45. The fourth-order valence-corrected chi connectivity index (χ4v) is 1.73. The fourth-order valence-electron chi connectivity index (χ4n) is 1.55. The third kappa shape index (κ3) is 2.21. The second-order valence-electron chi connectivity index (χ2n) is 3.40. The van der Waals surface area contributed by atoms with E-state index in [0.29, 0.717) is 17.1 Å². The molecule has 0 saturated carbocycles. The molecule has 2 aromatic rings. The highest BCUT2D eigenvalue weighted by Gasteiger charge is 2.06. The Morgan fingerprint density at radius 3 is 2.75 bits per heavy atom. The Labute approximate surface area is 97.9 Å². The summed E-state index contributed by atoms with van der Waals surface area (Å²) < 4.78 is 13.1. The van der Waals surface area contributed by atoms with Gasteiger partial charge in [-0.15, -0.1) is 0 Å². The number of halogens is 2. The first-order chi connectivity index (χ1) is 7.70. The standard InChI is InChI=1S/C12H10ClFN2/c13-10-2-1-8(5-15)12(4-10)9-3-11(14)7-16-6-9/h1-4,6-7H,5,15H2. The van der Waals surface area contributed by atoms with Crippen LogP contribution in [0.25, 0.3) is 11.1 Å². The lowest BCUT2D eigenvalue weighted by Gasteiger charge is -2.08. The van der Waals surface area contributed by atoms with E-state index in [1.807, 2.05) is 6.07 Å². The minimum Gasteiger partial charge on any atom is -0.326 e. The summed E-state index contributed by atoms with van der Waals surface area (Å²) in [6.45, 7) is 0.378. The van der Waals surface area contributed by atoms with Crippen molar-refractivity contribution in [3.63, 3.8) is 0 Å². The molecule has 1 heterocycles. The quantitative estimate of drug-likeness (QED) is 0.871. The van der Waals surface area contributed by atoms with Gasteiger partial charge >= 0.3 is 0 Å². The molecular weight excluding hydrogens is 227 g/mol. The van der Waals surface area contributed by atoms with Crippen LogP contribution < -0.4 is 5.73 Å². The number of pyridine rings is 1. The van der Waals surface area contributed by atoms with Crippen LogP contribution in [-0.4, -0.2) is 4.98 Å². The Balaban J connectivity index is 2.58. The summed E-state index contributed by atoms with van der Waals surface area (Å²) in [4.78, 5) is 3.81. The Morgan fingerprint density at radius 2 is 2.06 bits per heavy atom. The minimum atomic E-state index is -0.375. The number of nitrogens with two attached hydrogens (primary N) is 1. The summed E-state index contributed by atoms with van der Waals surface area (Å²) in [5, 5.41) is 0.594. The first-order valence-corrected chi connectivity index (χ1v) is 5.18. The molecule has 0 saturated heterocycles. The van der Waals surface area contributed by atoms with Gasteiger partial charge in [-0.2, -0.15) is 0 Å². The zero-order valence-electron chi connectivity index (χ0n) is 8.45. The molecular formula is C12H10ClFN2. The summed E-state index contributed by atoms with van der Waals surface area (Å²) in [5.41, 5.74) is 8.04. The van der Waals surface area contributed by atoms with Gasteiger partial charge in [0.05, 0.1) is 6.20 Å². The lowest BCUT2D eigenvalue weighted by atomic mass is 10.0. The third-order valence-electron chi connectivity index (χ3n) is 2.31. The van der Waals surface area contributed by atoms with Gasteiger partial charge in [-0.05, 0) is 29.3 Å². The number of rotatable bonds is 2. The molecule has 2 nitrogen and oxygen atoms in total. The molecule has 0 spiro atoms. The zero-order valence-corrected chi connectivity index (χ0v) is 9.21. The van der Waals surface area contributed by atoms with Crippen LogP contribution in [-0.2, 0) is 6.54 Å². The van der Waals surface area contributed by atoms with Crippen LogP contribution in [0.5, 0.6) is 0 Å². The molecule has 82 valence electrons. The molecule has 0 aliphatic heterocycles. The molecule has 0 fully saturated rings. The monoisotopic (exact) mass is 236 g/mol. The lowest BCUT2D eigenvalue weighted by molar-refractivity contribution is 0.622. The van der Waals surface area contributed by atoms with Crippen molar-refractivity contribution >= 4 is 11.6 Å². The fraction of sp³-hybridized carbons (Fsp3) is 0.0833. The largest absolute Gasteiger partial charge is 0.326 e. The number of hydrogen-bond donors (Lipinski definition) is 1. The van der Waals surface area contributed by atoms with Gasteiger partial charge in [0.1, 0.15) is 5.82 Å². The predicted octanol–water partition coefficient (Wildman–Crippen LogP) is 3.00. The van der Waals surface area contributed by atoms with Crippen LogP contribution in [0.3, 0.4) is 0 Å². The van der Waals surface area contributed by atoms with Gasteiger partial charge in [-0.25, -0.2) is 4.39 Å². The summed E-state index contributed by atoms with van der Waals surface area (Å²) in [6.07, 6.45) is 2.75. The average Bonchev–Trinajstić information content (AvgIpc) is 2.29. The van der Waals surface area contributed by atoms with Crippen molar-refractivity contribution in [2.45, 2.75) is 6.54 Å². The normalized spacial score (nSPS) is 10.4. The summed E-state index contributed by atoms with van der Waals surface area (Å²) in [5.74, 6) is -0.375. The van der Waals surface area contributed by atoms with E-state index in [1.54, 1.807) is 18.3 Å². The number of benzene rings is 1. The van der Waals surface area contributed by atoms with E-state index < -0.39 is 0 Å². The van der Waals surface area contributed by atoms with Crippen LogP contribution >= 0.6 is 11.6 Å². The predicted molar refractivity (Wildman–Crippen MR) is 62.5 cm³/mol. The second-order valence-corrected chi connectivity index (χ2v) is 3.83. The summed E-state index contributed by atoms with van der Waals surface area (Å²) in [6, 6.07) is 6.78. The second kappa shape index (κ2) is 4.60. The molecule has 0 aliphatic rings. The topological polar surface area (TPSA) is 38.9 Å². The van der Waals surface area contributed by atoms with E-state index in [2.05, 4.69) is 4.98 Å². The van der Waals surface area contributed by atoms with E-state index in [-0.39, 0.29) is 5.82 Å². The van der Waals surface area contributed by atoms with E-state index >= 15 is 0 Å². The Kier molecular flexibility index (Phi) is 3.17. The first-order valence-electron chi connectivity index (χ1n) is 4.80. The van der Waals surface area contributed by atoms with Crippen molar-refractivity contribution < 1.29 is 4.39 Å². The van der Waals surface area contributed by atoms with E-state index in [9.17, 15) is 4.39 Å². The van der Waals surface area contributed by atoms with Crippen molar-refractivity contribution in [3.8, 4) is 11.1 Å². The van der Waals surface area contributed by atoms with Crippen LogP contribution in [0.15, 0.2) is 36.7 Å². The third-order valence-corrected chi connectivity index (χ3v) is 2.54. The molecule has 0 radical (unpaired) electrons. The molecule has 0 unspecified atom stereocenters. The van der Waals surface area contributed by atoms with Crippen molar-refractivity contribution in [2.24, 2.45) is 5.73 Å². The molecule has 1 aromatic carbocycles. The summed E-state index contributed by atoms with van der Waals surface area (Å²) in [7, 11) is 0. The highest BCUT2D eigenvalue weighted by atomic mass is 35.5. The van der Waals surface area contributed by atoms with Gasteiger partial charge in [-0.3, -0.25) is 4.98 Å². The molecule has 2 rings (SSSR count). The van der Waals surface area contributed by atoms with Crippen LogP contribution in [0.4, 0.5) is 4.39 Å². The van der Waals surface area contributed by atoms with Crippen molar-refractivity contribution in [2.75, 3.05) is 0 Å². The average molecular weight is 237 g/mol. The Morgan fingerprint density at radius 1 is 1.25 bits per heavy atom. The van der Waals surface area contributed by atoms with Gasteiger partial charge in [0.15, 0.2) is 0 Å². The SMILES string of the molecule is NCc1ccc(Cl)cc1-c1cncc(F)c1. The van der Waals surface area contributed by atoms with Gasteiger partial charge in [-0.1, -0.05) is 17.7 Å². The minimum absolute atomic E-state index is 0.375. The maximum absolute atomic E-state index is 13.1. The van der Waals surface area contributed by atoms with Gasteiger partial charge in [0.2, 0.25) is 0 Å².